The molecule has 1 heterocycles. The molecule has 0 bridgehead atoms. The number of nitrogens with zero attached hydrogens (tertiary/aromatic N) is 1. The third-order valence-electron chi connectivity index (χ3n) is 3.67. The lowest BCUT2D eigenvalue weighted by molar-refractivity contribution is -0.139. The molecule has 1 amide bonds. The Bertz CT molecular complexity index is 887. The molecule has 0 saturated carbocycles. The van der Waals surface area contributed by atoms with Crippen LogP contribution in [0.5, 0.6) is 5.75 Å². The Kier molecular flexibility index (Phi) is 4.94. The van der Waals surface area contributed by atoms with Crippen molar-refractivity contribution in [2.24, 2.45) is 0 Å². The smallest absolute Gasteiger partial charge is 0.341 e. The molecule has 0 unspecified atom stereocenters. The molecule has 0 aliphatic heterocycles. The van der Waals surface area contributed by atoms with Crippen molar-refractivity contribution in [3.8, 4) is 5.75 Å². The number of aliphatic carboxylic acids is 1. The lowest BCUT2D eigenvalue weighted by Gasteiger charge is -2.06. The molecule has 0 aliphatic rings. The van der Waals surface area contributed by atoms with Crippen LogP contribution < -0.4 is 10.1 Å². The number of carbonyl (C=O) groups is 2. The molecule has 0 aliphatic carbocycles. The predicted molar refractivity (Wildman–Crippen MR) is 91.7 cm³/mol. The van der Waals surface area contributed by atoms with E-state index in [0.29, 0.717) is 24.4 Å². The molecule has 2 aromatic carbocycles. The number of rotatable bonds is 7. The Hall–Kier alpha value is -3.35. The van der Waals surface area contributed by atoms with Gasteiger partial charge in [0.1, 0.15) is 5.75 Å². The van der Waals surface area contributed by atoms with Gasteiger partial charge in [-0.25, -0.2) is 4.79 Å². The van der Waals surface area contributed by atoms with E-state index in [-0.39, 0.29) is 12.5 Å². The molecule has 25 heavy (non-hydrogen) atoms. The molecule has 7 nitrogen and oxygen atoms in total. The molecule has 0 atom stereocenters. The number of aromatic amines is 1. The summed E-state index contributed by atoms with van der Waals surface area (Å²) in [6.07, 6.45) is 0.646. The largest absolute Gasteiger partial charge is 0.482 e. The molecule has 0 radical (unpaired) electrons. The maximum atomic E-state index is 12.2. The average Bonchev–Trinajstić information content (AvgIpc) is 3.05. The lowest BCUT2D eigenvalue weighted by atomic mass is 10.1. The average molecular weight is 339 g/mol. The van der Waals surface area contributed by atoms with E-state index in [0.717, 1.165) is 16.5 Å². The Labute approximate surface area is 143 Å². The fraction of sp³-hybridized carbons (Fsp3) is 0.167. The van der Waals surface area contributed by atoms with E-state index in [2.05, 4.69) is 15.5 Å². The van der Waals surface area contributed by atoms with E-state index in [1.807, 2.05) is 36.4 Å². The number of fused-ring (bicyclic) bond motifs is 1. The highest BCUT2D eigenvalue weighted by molar-refractivity contribution is 6.04. The van der Waals surface area contributed by atoms with Gasteiger partial charge in [-0.2, -0.15) is 5.10 Å². The van der Waals surface area contributed by atoms with E-state index in [4.69, 9.17) is 9.84 Å². The number of para-hydroxylation sites is 1. The molecule has 3 aromatic rings. The first kappa shape index (κ1) is 16.5. The normalized spacial score (nSPS) is 10.6. The van der Waals surface area contributed by atoms with E-state index in [9.17, 15) is 9.59 Å². The molecule has 3 N–H and O–H groups in total. The van der Waals surface area contributed by atoms with Gasteiger partial charge in [-0.05, 0) is 30.2 Å². The summed E-state index contributed by atoms with van der Waals surface area (Å²) in [4.78, 5) is 22.7. The zero-order valence-corrected chi connectivity index (χ0v) is 13.4. The van der Waals surface area contributed by atoms with Crippen molar-refractivity contribution in [1.82, 2.24) is 15.5 Å². The maximum absolute atomic E-state index is 12.2. The number of ether oxygens (including phenoxy) is 1. The summed E-state index contributed by atoms with van der Waals surface area (Å²) in [6.45, 7) is 0.0996. The third-order valence-corrected chi connectivity index (χ3v) is 3.67. The van der Waals surface area contributed by atoms with Crippen LogP contribution >= 0.6 is 0 Å². The second kappa shape index (κ2) is 7.48. The topological polar surface area (TPSA) is 104 Å². The number of amides is 1. The fourth-order valence-corrected chi connectivity index (χ4v) is 2.44. The summed E-state index contributed by atoms with van der Waals surface area (Å²) in [7, 11) is 0. The van der Waals surface area contributed by atoms with Gasteiger partial charge < -0.3 is 15.2 Å². The van der Waals surface area contributed by atoms with Crippen LogP contribution in [-0.2, 0) is 11.2 Å². The van der Waals surface area contributed by atoms with Crippen LogP contribution in [0.3, 0.4) is 0 Å². The van der Waals surface area contributed by atoms with Crippen LogP contribution in [0, 0.1) is 0 Å². The molecule has 7 heteroatoms. The Morgan fingerprint density at radius 1 is 1.12 bits per heavy atom. The van der Waals surface area contributed by atoms with Crippen LogP contribution in [0.25, 0.3) is 10.9 Å². The maximum Gasteiger partial charge on any atom is 0.341 e. The van der Waals surface area contributed by atoms with Crippen LogP contribution in [0.2, 0.25) is 0 Å². The second-order valence-corrected chi connectivity index (χ2v) is 5.45. The predicted octanol–water partition coefficient (Wildman–Crippen LogP) is 2.00. The highest BCUT2D eigenvalue weighted by atomic mass is 16.5. The van der Waals surface area contributed by atoms with Crippen molar-refractivity contribution < 1.29 is 19.4 Å². The first-order valence-corrected chi connectivity index (χ1v) is 7.78. The van der Waals surface area contributed by atoms with Crippen molar-refractivity contribution >= 4 is 22.8 Å². The molecule has 1 aromatic heterocycles. The van der Waals surface area contributed by atoms with Gasteiger partial charge in [0.25, 0.3) is 5.91 Å². The van der Waals surface area contributed by atoms with E-state index in [1.165, 1.54) is 0 Å². The van der Waals surface area contributed by atoms with Crippen LogP contribution in [0.4, 0.5) is 0 Å². The minimum Gasteiger partial charge on any atom is -0.482 e. The zero-order chi connectivity index (χ0) is 17.6. The number of carboxylic acids is 1. The molecule has 0 fully saturated rings. The number of aromatic nitrogens is 2. The second-order valence-electron chi connectivity index (χ2n) is 5.45. The van der Waals surface area contributed by atoms with Gasteiger partial charge in [0.15, 0.2) is 12.3 Å². The fourth-order valence-electron chi connectivity index (χ4n) is 2.44. The first-order chi connectivity index (χ1) is 12.1. The van der Waals surface area contributed by atoms with E-state index >= 15 is 0 Å². The number of nitrogens with one attached hydrogen (secondary N) is 2. The zero-order valence-electron chi connectivity index (χ0n) is 13.4. The number of benzene rings is 2. The van der Waals surface area contributed by atoms with Crippen LogP contribution in [0.1, 0.15) is 16.1 Å². The number of hydrogen-bond donors (Lipinski definition) is 3. The van der Waals surface area contributed by atoms with Gasteiger partial charge in [-0.3, -0.25) is 9.89 Å². The van der Waals surface area contributed by atoms with Gasteiger partial charge >= 0.3 is 5.97 Å². The molecule has 128 valence electrons. The minimum absolute atomic E-state index is 0.223. The van der Waals surface area contributed by atoms with Crippen molar-refractivity contribution in [2.45, 2.75) is 6.42 Å². The van der Waals surface area contributed by atoms with Crippen molar-refractivity contribution in [2.75, 3.05) is 13.2 Å². The monoisotopic (exact) mass is 339 g/mol. The van der Waals surface area contributed by atoms with Gasteiger partial charge in [0, 0.05) is 11.9 Å². The Balaban J connectivity index is 1.52. The standard InChI is InChI=1S/C18H17N3O4/c22-16(23)11-25-13-7-5-12(6-8-13)9-10-19-18(24)17-14-3-1-2-4-15(14)20-21-17/h1-8H,9-11H2,(H,19,24)(H,20,21)(H,22,23). The summed E-state index contributed by atoms with van der Waals surface area (Å²) < 4.78 is 5.07. The number of H-pyrrole nitrogens is 1. The van der Waals surface area contributed by atoms with Gasteiger partial charge in [-0.1, -0.05) is 30.3 Å². The van der Waals surface area contributed by atoms with Gasteiger partial charge in [0.2, 0.25) is 0 Å². The molecule has 0 spiro atoms. The molecule has 3 rings (SSSR count). The number of carboxylic acid groups (broad SMARTS) is 1. The molecule has 0 saturated heterocycles. The summed E-state index contributed by atoms with van der Waals surface area (Å²) in [5.74, 6) is -0.741. The van der Waals surface area contributed by atoms with E-state index < -0.39 is 5.97 Å². The van der Waals surface area contributed by atoms with Crippen molar-refractivity contribution in [3.63, 3.8) is 0 Å². The highest BCUT2D eigenvalue weighted by Gasteiger charge is 2.12. The quantitative estimate of drug-likeness (QED) is 0.611. The lowest BCUT2D eigenvalue weighted by Crippen LogP contribution is -2.26. The highest BCUT2D eigenvalue weighted by Crippen LogP contribution is 2.15. The SMILES string of the molecule is O=C(O)COc1ccc(CCNC(=O)c2n[nH]c3ccccc23)cc1. The van der Waals surface area contributed by atoms with Crippen molar-refractivity contribution in [1.29, 1.82) is 0 Å². The summed E-state index contributed by atoms with van der Waals surface area (Å²) in [5, 5.41) is 19.1. The van der Waals surface area contributed by atoms with Gasteiger partial charge in [-0.15, -0.1) is 0 Å². The number of hydrogen-bond acceptors (Lipinski definition) is 4. The van der Waals surface area contributed by atoms with E-state index in [1.54, 1.807) is 12.1 Å². The third kappa shape index (κ3) is 4.14. The Morgan fingerprint density at radius 3 is 2.64 bits per heavy atom. The van der Waals surface area contributed by atoms with Gasteiger partial charge in [0.05, 0.1) is 5.52 Å². The van der Waals surface area contributed by atoms with Crippen LogP contribution in [-0.4, -0.2) is 40.3 Å². The first-order valence-electron chi connectivity index (χ1n) is 7.78. The summed E-state index contributed by atoms with van der Waals surface area (Å²) in [6, 6.07) is 14.6. The minimum atomic E-state index is -1.02. The van der Waals surface area contributed by atoms with Crippen LogP contribution in [0.15, 0.2) is 48.5 Å². The summed E-state index contributed by atoms with van der Waals surface area (Å²) in [5.41, 5.74) is 2.22. The Morgan fingerprint density at radius 2 is 1.88 bits per heavy atom. The molecular formula is C18H17N3O4. The molecular weight excluding hydrogens is 322 g/mol. The number of carbonyl (C=O) groups excluding carboxylic acids is 1. The van der Waals surface area contributed by atoms with Crippen molar-refractivity contribution in [3.05, 3.63) is 59.8 Å². The summed E-state index contributed by atoms with van der Waals surface area (Å²) >= 11 is 0.